The van der Waals surface area contributed by atoms with Gasteiger partial charge >= 0.3 is 0 Å². The Kier molecular flexibility index (Phi) is 4.50. The summed E-state index contributed by atoms with van der Waals surface area (Å²) in [5.41, 5.74) is 6.80. The number of nitrogens with two attached hydrogens (primary N) is 1. The first-order valence-corrected chi connectivity index (χ1v) is 6.69. The Morgan fingerprint density at radius 3 is 2.67 bits per heavy atom. The molecule has 0 saturated carbocycles. The van der Waals surface area contributed by atoms with Gasteiger partial charge in [0.15, 0.2) is 5.78 Å². The van der Waals surface area contributed by atoms with E-state index >= 15 is 0 Å². The molecular weight excluding hydrogens is 244 g/mol. The topological polar surface area (TPSA) is 56.0 Å². The third-order valence-corrected chi connectivity index (χ3v) is 3.45. The van der Waals surface area contributed by atoms with Crippen molar-refractivity contribution < 1.29 is 4.79 Å². The lowest BCUT2D eigenvalue weighted by atomic mass is 10.1. The van der Waals surface area contributed by atoms with E-state index in [1.165, 1.54) is 11.8 Å². The molecule has 0 radical (unpaired) electrons. The van der Waals surface area contributed by atoms with Crippen LogP contribution in [0.1, 0.15) is 15.9 Å². The van der Waals surface area contributed by atoms with Crippen molar-refractivity contribution in [1.29, 1.82) is 0 Å². The number of ketones is 1. The number of hydrogen-bond donors (Lipinski definition) is 1. The maximum atomic E-state index is 12.3. The van der Waals surface area contributed by atoms with Crippen molar-refractivity contribution in [1.82, 2.24) is 4.98 Å². The molecule has 2 rings (SSSR count). The zero-order chi connectivity index (χ0) is 12.8. The van der Waals surface area contributed by atoms with Crippen LogP contribution in [0.5, 0.6) is 0 Å². The molecule has 3 nitrogen and oxygen atoms in total. The summed E-state index contributed by atoms with van der Waals surface area (Å²) in [7, 11) is 0. The molecule has 0 unspecified atom stereocenters. The van der Waals surface area contributed by atoms with E-state index in [0.717, 1.165) is 10.8 Å². The van der Waals surface area contributed by atoms with Crippen molar-refractivity contribution in [2.45, 2.75) is 5.03 Å². The van der Waals surface area contributed by atoms with Gasteiger partial charge in [-0.2, -0.15) is 0 Å². The molecule has 92 valence electrons. The standard InChI is InChI=1S/C14H14N2OS/c15-8-10-18-14-12(7-4-9-16-14)13(17)11-5-2-1-3-6-11/h1-7,9H,8,10,15H2. The van der Waals surface area contributed by atoms with E-state index in [-0.39, 0.29) is 5.78 Å². The van der Waals surface area contributed by atoms with Gasteiger partial charge in [0, 0.05) is 24.1 Å². The lowest BCUT2D eigenvalue weighted by molar-refractivity contribution is 0.103. The Bertz CT molecular complexity index is 528. The lowest BCUT2D eigenvalue weighted by Crippen LogP contribution is -2.06. The van der Waals surface area contributed by atoms with Gasteiger partial charge in [0.25, 0.3) is 0 Å². The van der Waals surface area contributed by atoms with E-state index in [2.05, 4.69) is 4.98 Å². The summed E-state index contributed by atoms with van der Waals surface area (Å²) in [5, 5.41) is 0.747. The maximum Gasteiger partial charge on any atom is 0.195 e. The van der Waals surface area contributed by atoms with Crippen LogP contribution in [0.25, 0.3) is 0 Å². The van der Waals surface area contributed by atoms with Gasteiger partial charge in [-0.25, -0.2) is 4.98 Å². The summed E-state index contributed by atoms with van der Waals surface area (Å²) < 4.78 is 0. The van der Waals surface area contributed by atoms with Crippen molar-refractivity contribution in [2.75, 3.05) is 12.3 Å². The number of nitrogens with zero attached hydrogens (tertiary/aromatic N) is 1. The van der Waals surface area contributed by atoms with Crippen LogP contribution in [0.3, 0.4) is 0 Å². The van der Waals surface area contributed by atoms with Gasteiger partial charge in [-0.1, -0.05) is 30.3 Å². The maximum absolute atomic E-state index is 12.3. The molecule has 0 atom stereocenters. The van der Waals surface area contributed by atoms with Gasteiger partial charge in [0.1, 0.15) is 5.03 Å². The van der Waals surface area contributed by atoms with Gasteiger partial charge in [-0.05, 0) is 12.1 Å². The Hall–Kier alpha value is -1.65. The first-order valence-electron chi connectivity index (χ1n) is 5.70. The molecule has 0 aliphatic rings. The number of pyridine rings is 1. The number of benzene rings is 1. The van der Waals surface area contributed by atoms with Crippen molar-refractivity contribution in [3.05, 3.63) is 59.8 Å². The second-order valence-corrected chi connectivity index (χ2v) is 4.77. The highest BCUT2D eigenvalue weighted by atomic mass is 32.2. The number of thioether (sulfide) groups is 1. The van der Waals surface area contributed by atoms with E-state index in [1.807, 2.05) is 30.3 Å². The number of aromatic nitrogens is 1. The van der Waals surface area contributed by atoms with E-state index in [4.69, 9.17) is 5.73 Å². The minimum atomic E-state index is 0.00298. The van der Waals surface area contributed by atoms with E-state index in [0.29, 0.717) is 17.7 Å². The average molecular weight is 258 g/mol. The zero-order valence-corrected chi connectivity index (χ0v) is 10.7. The van der Waals surface area contributed by atoms with Crippen LogP contribution in [0, 0.1) is 0 Å². The Labute approximate surface area is 110 Å². The second-order valence-electron chi connectivity index (χ2n) is 3.69. The molecule has 0 aliphatic carbocycles. The molecule has 1 aromatic heterocycles. The number of hydrogen-bond acceptors (Lipinski definition) is 4. The van der Waals surface area contributed by atoms with Crippen molar-refractivity contribution >= 4 is 17.5 Å². The molecule has 4 heteroatoms. The number of carbonyl (C=O) groups excluding carboxylic acids is 1. The SMILES string of the molecule is NCCSc1ncccc1C(=O)c1ccccc1. The fourth-order valence-electron chi connectivity index (χ4n) is 1.58. The molecule has 1 heterocycles. The average Bonchev–Trinajstić information content (AvgIpc) is 2.45. The summed E-state index contributed by atoms with van der Waals surface area (Å²) in [6.07, 6.45) is 1.70. The van der Waals surface area contributed by atoms with Gasteiger partial charge in [0.2, 0.25) is 0 Å². The summed E-state index contributed by atoms with van der Waals surface area (Å²) in [6.45, 7) is 0.570. The summed E-state index contributed by atoms with van der Waals surface area (Å²) in [4.78, 5) is 16.6. The highest BCUT2D eigenvalue weighted by Crippen LogP contribution is 2.21. The molecule has 2 N–H and O–H groups in total. The summed E-state index contributed by atoms with van der Waals surface area (Å²) in [5.74, 6) is 0.759. The number of rotatable bonds is 5. The molecule has 0 amide bonds. The molecule has 18 heavy (non-hydrogen) atoms. The smallest absolute Gasteiger partial charge is 0.195 e. The van der Waals surface area contributed by atoms with E-state index in [9.17, 15) is 4.79 Å². The first-order chi connectivity index (χ1) is 8.83. The van der Waals surface area contributed by atoms with Crippen LogP contribution < -0.4 is 5.73 Å². The Morgan fingerprint density at radius 1 is 1.17 bits per heavy atom. The van der Waals surface area contributed by atoms with Gasteiger partial charge < -0.3 is 5.73 Å². The zero-order valence-electron chi connectivity index (χ0n) is 9.87. The van der Waals surface area contributed by atoms with Gasteiger partial charge in [-0.15, -0.1) is 11.8 Å². The third-order valence-electron chi connectivity index (χ3n) is 2.41. The molecule has 0 saturated heterocycles. The van der Waals surface area contributed by atoms with Crippen molar-refractivity contribution in [3.8, 4) is 0 Å². The minimum Gasteiger partial charge on any atom is -0.330 e. The van der Waals surface area contributed by atoms with Gasteiger partial charge in [-0.3, -0.25) is 4.79 Å². The first kappa shape index (κ1) is 12.8. The lowest BCUT2D eigenvalue weighted by Gasteiger charge is -2.06. The summed E-state index contributed by atoms with van der Waals surface area (Å²) in [6, 6.07) is 12.8. The molecule has 0 bridgehead atoms. The normalized spacial score (nSPS) is 10.3. The number of carbonyl (C=O) groups is 1. The monoisotopic (exact) mass is 258 g/mol. The molecular formula is C14H14N2OS. The van der Waals surface area contributed by atoms with Crippen LogP contribution in [0.4, 0.5) is 0 Å². The Balaban J connectivity index is 2.30. The van der Waals surface area contributed by atoms with Gasteiger partial charge in [0.05, 0.1) is 5.56 Å². The third kappa shape index (κ3) is 2.97. The van der Waals surface area contributed by atoms with Crippen LogP contribution in [-0.2, 0) is 0 Å². The highest BCUT2D eigenvalue weighted by Gasteiger charge is 2.13. The van der Waals surface area contributed by atoms with Crippen LogP contribution >= 0.6 is 11.8 Å². The molecule has 0 fully saturated rings. The quantitative estimate of drug-likeness (QED) is 0.660. The fourth-order valence-corrected chi connectivity index (χ4v) is 2.34. The molecule has 1 aromatic carbocycles. The Morgan fingerprint density at radius 2 is 1.94 bits per heavy atom. The molecule has 0 spiro atoms. The predicted octanol–water partition coefficient (Wildman–Crippen LogP) is 2.36. The fraction of sp³-hybridized carbons (Fsp3) is 0.143. The molecule has 0 aliphatic heterocycles. The summed E-state index contributed by atoms with van der Waals surface area (Å²) >= 11 is 1.51. The van der Waals surface area contributed by atoms with Crippen molar-refractivity contribution in [2.24, 2.45) is 5.73 Å². The molecule has 2 aromatic rings. The second kappa shape index (κ2) is 6.33. The minimum absolute atomic E-state index is 0.00298. The highest BCUT2D eigenvalue weighted by molar-refractivity contribution is 7.99. The van der Waals surface area contributed by atoms with Crippen LogP contribution in [-0.4, -0.2) is 23.1 Å². The van der Waals surface area contributed by atoms with Crippen LogP contribution in [0.15, 0.2) is 53.7 Å². The van der Waals surface area contributed by atoms with Crippen molar-refractivity contribution in [3.63, 3.8) is 0 Å². The van der Waals surface area contributed by atoms with E-state index < -0.39 is 0 Å². The van der Waals surface area contributed by atoms with E-state index in [1.54, 1.807) is 18.3 Å². The predicted molar refractivity (Wildman–Crippen MR) is 73.9 cm³/mol. The van der Waals surface area contributed by atoms with Crippen LogP contribution in [0.2, 0.25) is 0 Å². The largest absolute Gasteiger partial charge is 0.330 e.